The molecule has 1 aliphatic rings. The van der Waals surface area contributed by atoms with Crippen LogP contribution in [0.3, 0.4) is 0 Å². The number of nitriles is 1. The first kappa shape index (κ1) is 29.1. The van der Waals surface area contributed by atoms with Crippen molar-refractivity contribution in [3.63, 3.8) is 0 Å². The Hall–Kier alpha value is -4.67. The minimum Gasteiger partial charge on any atom is -0.192 e. The van der Waals surface area contributed by atoms with Crippen LogP contribution in [-0.2, 0) is 6.42 Å². The summed E-state index contributed by atoms with van der Waals surface area (Å²) in [6, 6.07) is 35.7. The zero-order valence-electron chi connectivity index (χ0n) is 27.0. The van der Waals surface area contributed by atoms with E-state index in [9.17, 15) is 5.26 Å². The lowest BCUT2D eigenvalue weighted by atomic mass is 9.77. The van der Waals surface area contributed by atoms with Gasteiger partial charge in [-0.3, -0.25) is 0 Å². The van der Waals surface area contributed by atoms with Crippen molar-refractivity contribution < 1.29 is 0 Å². The second kappa shape index (κ2) is 12.0. The smallest absolute Gasteiger partial charge is 0.0991 e. The Labute approximate surface area is 267 Å². The van der Waals surface area contributed by atoms with Crippen molar-refractivity contribution in [2.45, 2.75) is 65.7 Å². The zero-order chi connectivity index (χ0) is 31.1. The highest BCUT2D eigenvalue weighted by Crippen LogP contribution is 2.46. The van der Waals surface area contributed by atoms with Crippen LogP contribution in [0.4, 0.5) is 0 Å². The molecule has 0 heterocycles. The van der Waals surface area contributed by atoms with E-state index in [0.717, 1.165) is 24.8 Å². The van der Waals surface area contributed by atoms with Gasteiger partial charge in [0.1, 0.15) is 0 Å². The molecule has 0 bridgehead atoms. The van der Waals surface area contributed by atoms with Crippen molar-refractivity contribution in [3.05, 3.63) is 137 Å². The number of nitrogens with zero attached hydrogens (tertiary/aromatic N) is 1. The fraction of sp³-hybridized carbons (Fsp3) is 0.250. The molecule has 0 aliphatic heterocycles. The van der Waals surface area contributed by atoms with Gasteiger partial charge in [-0.05, 0) is 134 Å². The summed E-state index contributed by atoms with van der Waals surface area (Å²) < 4.78 is 0. The van der Waals surface area contributed by atoms with Crippen molar-refractivity contribution in [1.29, 1.82) is 5.26 Å². The third-order valence-corrected chi connectivity index (χ3v) is 10.4. The van der Waals surface area contributed by atoms with Crippen LogP contribution in [0.25, 0.3) is 49.0 Å². The highest BCUT2D eigenvalue weighted by molar-refractivity contribution is 6.27. The second-order valence-corrected chi connectivity index (χ2v) is 13.2. The Kier molecular flexibility index (Phi) is 7.76. The molecule has 7 rings (SSSR count). The average Bonchev–Trinajstić information content (AvgIpc) is 3.08. The molecule has 222 valence electrons. The van der Waals surface area contributed by atoms with Gasteiger partial charge in [0.2, 0.25) is 0 Å². The predicted octanol–water partition coefficient (Wildman–Crippen LogP) is 12.3. The van der Waals surface area contributed by atoms with E-state index in [2.05, 4.69) is 125 Å². The summed E-state index contributed by atoms with van der Waals surface area (Å²) in [4.78, 5) is 0. The molecule has 1 heteroatoms. The SMILES string of the molecule is CCCC1=CC=C(c2cc(C(C)C(C)Cc3ccccc3C)c3ccc4c(-c5ccc(C#N)cc5)ccc5ccc2c3c54)CC1. The maximum absolute atomic E-state index is 9.38. The molecular formula is C44H41N. The van der Waals surface area contributed by atoms with Gasteiger partial charge >= 0.3 is 0 Å². The van der Waals surface area contributed by atoms with Crippen LogP contribution in [0.1, 0.15) is 80.2 Å². The lowest BCUT2D eigenvalue weighted by Crippen LogP contribution is -2.11. The van der Waals surface area contributed by atoms with Crippen molar-refractivity contribution in [2.24, 2.45) is 5.92 Å². The van der Waals surface area contributed by atoms with Crippen LogP contribution in [0.15, 0.2) is 109 Å². The van der Waals surface area contributed by atoms with Gasteiger partial charge in [-0.2, -0.15) is 5.26 Å². The number of aryl methyl sites for hydroxylation is 1. The van der Waals surface area contributed by atoms with Crippen molar-refractivity contribution in [3.8, 4) is 17.2 Å². The summed E-state index contributed by atoms with van der Waals surface area (Å²) in [6.07, 6.45) is 10.5. The number of rotatable bonds is 8. The molecule has 0 amide bonds. The quantitative estimate of drug-likeness (QED) is 0.164. The molecule has 0 saturated heterocycles. The van der Waals surface area contributed by atoms with Gasteiger partial charge in [-0.15, -0.1) is 0 Å². The summed E-state index contributed by atoms with van der Waals surface area (Å²) >= 11 is 0. The minimum atomic E-state index is 0.390. The van der Waals surface area contributed by atoms with Gasteiger partial charge < -0.3 is 0 Å². The molecular weight excluding hydrogens is 542 g/mol. The Morgan fingerprint density at radius 2 is 1.49 bits per heavy atom. The summed E-state index contributed by atoms with van der Waals surface area (Å²) in [5.74, 6) is 0.879. The molecule has 1 nitrogen and oxygen atoms in total. The zero-order valence-corrected chi connectivity index (χ0v) is 27.0. The van der Waals surface area contributed by atoms with Crippen molar-refractivity contribution in [1.82, 2.24) is 0 Å². The van der Waals surface area contributed by atoms with Crippen LogP contribution in [-0.4, -0.2) is 0 Å². The fourth-order valence-corrected chi connectivity index (χ4v) is 7.65. The van der Waals surface area contributed by atoms with Crippen molar-refractivity contribution >= 4 is 37.9 Å². The van der Waals surface area contributed by atoms with E-state index < -0.39 is 0 Å². The number of benzene rings is 6. The van der Waals surface area contributed by atoms with Gasteiger partial charge in [-0.25, -0.2) is 0 Å². The summed E-state index contributed by atoms with van der Waals surface area (Å²) in [5.41, 5.74) is 11.8. The molecule has 0 saturated carbocycles. The highest BCUT2D eigenvalue weighted by Gasteiger charge is 2.24. The van der Waals surface area contributed by atoms with Crippen LogP contribution >= 0.6 is 0 Å². The molecule has 0 fully saturated rings. The topological polar surface area (TPSA) is 23.8 Å². The van der Waals surface area contributed by atoms with Crippen molar-refractivity contribution in [2.75, 3.05) is 0 Å². The Morgan fingerprint density at radius 3 is 2.22 bits per heavy atom. The number of hydrogen-bond donors (Lipinski definition) is 0. The van der Waals surface area contributed by atoms with Gasteiger partial charge in [0.05, 0.1) is 11.6 Å². The van der Waals surface area contributed by atoms with E-state index in [1.54, 1.807) is 5.57 Å². The first-order valence-electron chi connectivity index (χ1n) is 16.6. The van der Waals surface area contributed by atoms with Gasteiger partial charge in [-0.1, -0.05) is 118 Å². The summed E-state index contributed by atoms with van der Waals surface area (Å²) in [7, 11) is 0. The number of hydrogen-bond acceptors (Lipinski definition) is 1. The van der Waals surface area contributed by atoms with Crippen LogP contribution in [0, 0.1) is 24.2 Å². The number of allylic oxidation sites excluding steroid dienone is 4. The molecule has 6 aromatic carbocycles. The maximum Gasteiger partial charge on any atom is 0.0991 e. The average molecular weight is 584 g/mol. The normalized spacial score (nSPS) is 14.8. The monoisotopic (exact) mass is 583 g/mol. The van der Waals surface area contributed by atoms with E-state index in [1.165, 1.54) is 78.5 Å². The lowest BCUT2D eigenvalue weighted by molar-refractivity contribution is 0.487. The van der Waals surface area contributed by atoms with E-state index in [0.29, 0.717) is 17.4 Å². The largest absolute Gasteiger partial charge is 0.192 e. The first-order valence-corrected chi connectivity index (χ1v) is 16.6. The summed E-state index contributed by atoms with van der Waals surface area (Å²) in [6.45, 7) is 9.38. The molecule has 0 radical (unpaired) electrons. The lowest BCUT2D eigenvalue weighted by Gasteiger charge is -2.27. The Morgan fingerprint density at radius 1 is 0.756 bits per heavy atom. The molecule has 0 N–H and O–H groups in total. The third-order valence-electron chi connectivity index (χ3n) is 10.4. The molecule has 0 spiro atoms. The second-order valence-electron chi connectivity index (χ2n) is 13.2. The van der Waals surface area contributed by atoms with Gasteiger partial charge in [0.15, 0.2) is 0 Å². The Bertz CT molecular complexity index is 2130. The highest BCUT2D eigenvalue weighted by atomic mass is 14.3. The van der Waals surface area contributed by atoms with Crippen LogP contribution in [0.5, 0.6) is 0 Å². The third kappa shape index (κ3) is 5.23. The Balaban J connectivity index is 1.46. The molecule has 45 heavy (non-hydrogen) atoms. The molecule has 6 aromatic rings. The summed E-state index contributed by atoms with van der Waals surface area (Å²) in [5, 5.41) is 17.4. The van der Waals surface area contributed by atoms with Gasteiger partial charge in [0, 0.05) is 0 Å². The van der Waals surface area contributed by atoms with E-state index >= 15 is 0 Å². The first-order chi connectivity index (χ1) is 22.0. The minimum absolute atomic E-state index is 0.390. The molecule has 1 aliphatic carbocycles. The molecule has 2 unspecified atom stereocenters. The maximum atomic E-state index is 9.38. The predicted molar refractivity (Wildman–Crippen MR) is 193 cm³/mol. The van der Waals surface area contributed by atoms with E-state index in [-0.39, 0.29) is 0 Å². The fourth-order valence-electron chi connectivity index (χ4n) is 7.65. The van der Waals surface area contributed by atoms with E-state index in [1.807, 2.05) is 12.1 Å². The van der Waals surface area contributed by atoms with E-state index in [4.69, 9.17) is 0 Å². The molecule has 2 atom stereocenters. The standard InChI is InChI=1S/C44H41N/c1-5-8-31-11-15-34(16-12-31)42-26-41(30(4)29(3)25-36-10-7-6-9-28(36)2)39-24-23-38-37(33-17-13-32(27-45)14-18-33)21-19-35-20-22-40(42)44(39)43(35)38/h6-7,9-11,13-15,17-24,26,29-30H,5,8,12,16,25H2,1-4H3. The van der Waals surface area contributed by atoms with Gasteiger partial charge in [0.25, 0.3) is 0 Å². The van der Waals surface area contributed by atoms with Crippen LogP contribution in [0.2, 0.25) is 0 Å². The van der Waals surface area contributed by atoms with Crippen LogP contribution < -0.4 is 0 Å². The molecule has 0 aromatic heterocycles.